The number of unbranched alkanes of at least 4 members (excludes halogenated alkanes) is 1. The van der Waals surface area contributed by atoms with Crippen molar-refractivity contribution < 1.29 is 4.79 Å². The minimum absolute atomic E-state index is 0.0699. The maximum atomic E-state index is 10.7. The molecular formula is C9H21N3O. The van der Waals surface area contributed by atoms with Crippen LogP contribution in [0.15, 0.2) is 0 Å². The first-order valence-corrected chi connectivity index (χ1v) is 4.96. The molecule has 0 rings (SSSR count). The average molecular weight is 187 g/mol. The number of amides is 1. The zero-order valence-corrected chi connectivity index (χ0v) is 8.68. The molecule has 0 aromatic rings. The summed E-state index contributed by atoms with van der Waals surface area (Å²) >= 11 is 0. The van der Waals surface area contributed by atoms with Crippen molar-refractivity contribution in [3.05, 3.63) is 0 Å². The fourth-order valence-electron chi connectivity index (χ4n) is 1.23. The zero-order valence-electron chi connectivity index (χ0n) is 8.68. The average Bonchev–Trinajstić information content (AvgIpc) is 2.18. The van der Waals surface area contributed by atoms with E-state index in [1.165, 1.54) is 0 Å². The number of nitrogens with two attached hydrogens (primary N) is 1. The quantitative estimate of drug-likeness (QED) is 0.264. The maximum absolute atomic E-state index is 10.7. The van der Waals surface area contributed by atoms with E-state index in [1.807, 2.05) is 0 Å². The van der Waals surface area contributed by atoms with Crippen LogP contribution in [0.1, 0.15) is 33.1 Å². The second-order valence-electron chi connectivity index (χ2n) is 3.05. The lowest BCUT2D eigenvalue weighted by atomic mass is 10.2. The fourth-order valence-corrected chi connectivity index (χ4v) is 1.23. The van der Waals surface area contributed by atoms with Crippen molar-refractivity contribution in [3.8, 4) is 0 Å². The Bertz CT molecular complexity index is 135. The molecular weight excluding hydrogens is 166 g/mol. The molecule has 0 aliphatic carbocycles. The van der Waals surface area contributed by atoms with E-state index < -0.39 is 0 Å². The van der Waals surface area contributed by atoms with Crippen LogP contribution in [0, 0.1) is 0 Å². The summed E-state index contributed by atoms with van der Waals surface area (Å²) in [6.07, 6.45) is 2.52. The molecule has 4 nitrogen and oxygen atoms in total. The molecule has 0 aliphatic heterocycles. The summed E-state index contributed by atoms with van der Waals surface area (Å²) < 4.78 is 0. The van der Waals surface area contributed by atoms with Gasteiger partial charge in [-0.2, -0.15) is 0 Å². The van der Waals surface area contributed by atoms with Crippen LogP contribution in [0.5, 0.6) is 0 Å². The van der Waals surface area contributed by atoms with E-state index in [4.69, 9.17) is 5.84 Å². The van der Waals surface area contributed by atoms with Crippen molar-refractivity contribution in [3.63, 3.8) is 0 Å². The first kappa shape index (κ1) is 12.4. The summed E-state index contributed by atoms with van der Waals surface area (Å²) in [5, 5.41) is 0. The second-order valence-corrected chi connectivity index (χ2v) is 3.05. The number of rotatable bonds is 7. The number of carbonyl (C=O) groups excluding carboxylic acids is 1. The Labute approximate surface area is 80.4 Å². The number of hydrogen-bond donors (Lipinski definition) is 2. The van der Waals surface area contributed by atoms with Gasteiger partial charge in [0.25, 0.3) is 0 Å². The van der Waals surface area contributed by atoms with Crippen molar-refractivity contribution in [2.45, 2.75) is 33.1 Å². The SMILES string of the molecule is CCN(CC)CCCCC(=O)NN. The number of nitrogens with zero attached hydrogens (tertiary/aromatic N) is 1. The predicted molar refractivity (Wildman–Crippen MR) is 54.0 cm³/mol. The minimum Gasteiger partial charge on any atom is -0.304 e. The summed E-state index contributed by atoms with van der Waals surface area (Å²) in [4.78, 5) is 13.1. The van der Waals surface area contributed by atoms with Crippen molar-refractivity contribution in [1.82, 2.24) is 10.3 Å². The van der Waals surface area contributed by atoms with Gasteiger partial charge in [0.2, 0.25) is 5.91 Å². The summed E-state index contributed by atoms with van der Waals surface area (Å²) in [5.74, 6) is 4.89. The van der Waals surface area contributed by atoms with Crippen LogP contribution in [0.2, 0.25) is 0 Å². The van der Waals surface area contributed by atoms with Gasteiger partial charge in [0.1, 0.15) is 0 Å². The smallest absolute Gasteiger partial charge is 0.233 e. The van der Waals surface area contributed by atoms with Gasteiger partial charge >= 0.3 is 0 Å². The third-order valence-electron chi connectivity index (χ3n) is 2.18. The molecule has 3 N–H and O–H groups in total. The van der Waals surface area contributed by atoms with E-state index in [1.54, 1.807) is 0 Å². The standard InChI is InChI=1S/C9H21N3O/c1-3-12(4-2)8-6-5-7-9(13)11-10/h3-8,10H2,1-2H3,(H,11,13). The Kier molecular flexibility index (Phi) is 7.63. The lowest BCUT2D eigenvalue weighted by Gasteiger charge is -2.17. The van der Waals surface area contributed by atoms with Crippen molar-refractivity contribution in [2.75, 3.05) is 19.6 Å². The van der Waals surface area contributed by atoms with Gasteiger partial charge in [-0.1, -0.05) is 13.8 Å². The van der Waals surface area contributed by atoms with Gasteiger partial charge in [0.15, 0.2) is 0 Å². The van der Waals surface area contributed by atoms with Crippen LogP contribution in [0.3, 0.4) is 0 Å². The number of hydrazine groups is 1. The van der Waals surface area contributed by atoms with E-state index in [9.17, 15) is 4.79 Å². The number of hydrogen-bond acceptors (Lipinski definition) is 3. The van der Waals surface area contributed by atoms with Crippen molar-refractivity contribution in [2.24, 2.45) is 5.84 Å². The lowest BCUT2D eigenvalue weighted by Crippen LogP contribution is -2.30. The maximum Gasteiger partial charge on any atom is 0.233 e. The molecule has 78 valence electrons. The number of nitrogens with one attached hydrogen (secondary N) is 1. The second kappa shape index (κ2) is 8.01. The van der Waals surface area contributed by atoms with Gasteiger partial charge < -0.3 is 4.90 Å². The molecule has 0 radical (unpaired) electrons. The molecule has 0 heterocycles. The highest BCUT2D eigenvalue weighted by atomic mass is 16.2. The highest BCUT2D eigenvalue weighted by Crippen LogP contribution is 1.98. The van der Waals surface area contributed by atoms with E-state index in [2.05, 4.69) is 24.2 Å². The van der Waals surface area contributed by atoms with Crippen LogP contribution in [-0.2, 0) is 4.79 Å². The monoisotopic (exact) mass is 187 g/mol. The van der Waals surface area contributed by atoms with Gasteiger partial charge in [-0.3, -0.25) is 10.2 Å². The van der Waals surface area contributed by atoms with Crippen LogP contribution < -0.4 is 11.3 Å². The zero-order chi connectivity index (χ0) is 10.1. The molecule has 0 bridgehead atoms. The molecule has 0 atom stereocenters. The van der Waals surface area contributed by atoms with E-state index >= 15 is 0 Å². The Balaban J connectivity index is 3.28. The Morgan fingerprint density at radius 2 is 1.92 bits per heavy atom. The Morgan fingerprint density at radius 3 is 2.38 bits per heavy atom. The molecule has 0 saturated carbocycles. The molecule has 13 heavy (non-hydrogen) atoms. The van der Waals surface area contributed by atoms with Crippen molar-refractivity contribution >= 4 is 5.91 Å². The minimum atomic E-state index is -0.0699. The highest BCUT2D eigenvalue weighted by molar-refractivity contribution is 5.74. The first-order valence-electron chi connectivity index (χ1n) is 4.96. The largest absolute Gasteiger partial charge is 0.304 e. The molecule has 0 aromatic heterocycles. The van der Waals surface area contributed by atoms with Crippen molar-refractivity contribution in [1.29, 1.82) is 0 Å². The molecule has 0 aromatic carbocycles. The molecule has 0 spiro atoms. The highest BCUT2D eigenvalue weighted by Gasteiger charge is 2.00. The van der Waals surface area contributed by atoms with Crippen LogP contribution in [0.25, 0.3) is 0 Å². The van der Waals surface area contributed by atoms with Crippen LogP contribution in [0.4, 0.5) is 0 Å². The summed E-state index contributed by atoms with van der Waals surface area (Å²) in [6, 6.07) is 0. The molecule has 4 heteroatoms. The summed E-state index contributed by atoms with van der Waals surface area (Å²) in [6.45, 7) is 7.54. The van der Waals surface area contributed by atoms with E-state index in [0.29, 0.717) is 6.42 Å². The predicted octanol–water partition coefficient (Wildman–Crippen LogP) is 0.488. The van der Waals surface area contributed by atoms with Crippen LogP contribution >= 0.6 is 0 Å². The third kappa shape index (κ3) is 6.54. The fraction of sp³-hybridized carbons (Fsp3) is 0.889. The van der Waals surface area contributed by atoms with Gasteiger partial charge in [-0.15, -0.1) is 0 Å². The van der Waals surface area contributed by atoms with Gasteiger partial charge in [0, 0.05) is 6.42 Å². The van der Waals surface area contributed by atoms with Gasteiger partial charge in [0.05, 0.1) is 0 Å². The molecule has 1 amide bonds. The van der Waals surface area contributed by atoms with Crippen LogP contribution in [-0.4, -0.2) is 30.4 Å². The Morgan fingerprint density at radius 1 is 1.31 bits per heavy atom. The Hall–Kier alpha value is -0.610. The van der Waals surface area contributed by atoms with Gasteiger partial charge in [-0.25, -0.2) is 5.84 Å². The number of carbonyl (C=O) groups is 1. The molecule has 0 saturated heterocycles. The topological polar surface area (TPSA) is 58.4 Å². The van der Waals surface area contributed by atoms with E-state index in [-0.39, 0.29) is 5.91 Å². The summed E-state index contributed by atoms with van der Waals surface area (Å²) in [5.41, 5.74) is 2.13. The lowest BCUT2D eigenvalue weighted by molar-refractivity contribution is -0.121. The van der Waals surface area contributed by atoms with E-state index in [0.717, 1.165) is 32.5 Å². The molecule has 0 unspecified atom stereocenters. The molecule has 0 fully saturated rings. The third-order valence-corrected chi connectivity index (χ3v) is 2.18. The summed E-state index contributed by atoms with van der Waals surface area (Å²) in [7, 11) is 0. The first-order chi connectivity index (χ1) is 6.24. The normalized spacial score (nSPS) is 10.5. The van der Waals surface area contributed by atoms with Gasteiger partial charge in [-0.05, 0) is 32.5 Å². The molecule has 0 aliphatic rings.